The van der Waals surface area contributed by atoms with Crippen molar-refractivity contribution < 1.29 is 14.3 Å². The summed E-state index contributed by atoms with van der Waals surface area (Å²) in [6, 6.07) is 30.1. The van der Waals surface area contributed by atoms with Crippen molar-refractivity contribution >= 4 is 28.7 Å². The molecule has 0 bridgehead atoms. The van der Waals surface area contributed by atoms with Gasteiger partial charge >= 0.3 is 0 Å². The van der Waals surface area contributed by atoms with E-state index in [2.05, 4.69) is 0 Å². The molecule has 158 valence electrons. The SMILES string of the molecule is COc1ccc(/C=C/C(=O)N(Cc2ccccc2)C(=O)c2cccc3ccccc23)cc1. The lowest BCUT2D eigenvalue weighted by atomic mass is 10.0. The summed E-state index contributed by atoms with van der Waals surface area (Å²) in [5.74, 6) is 0.0444. The molecule has 4 nitrogen and oxygen atoms in total. The van der Waals surface area contributed by atoms with Crippen LogP contribution in [0.2, 0.25) is 0 Å². The van der Waals surface area contributed by atoms with Gasteiger partial charge in [-0.2, -0.15) is 0 Å². The van der Waals surface area contributed by atoms with E-state index in [1.165, 1.54) is 11.0 Å². The van der Waals surface area contributed by atoms with E-state index in [-0.39, 0.29) is 18.4 Å². The van der Waals surface area contributed by atoms with Gasteiger partial charge in [0.25, 0.3) is 11.8 Å². The molecule has 0 radical (unpaired) electrons. The molecule has 0 N–H and O–H groups in total. The first-order valence-electron chi connectivity index (χ1n) is 10.4. The standard InChI is InChI=1S/C28H23NO3/c1-32-24-17-14-21(15-18-24)16-19-27(30)29(20-22-8-3-2-4-9-22)28(31)26-13-7-11-23-10-5-6-12-25(23)26/h2-19H,20H2,1H3/b19-16+. The van der Waals surface area contributed by atoms with E-state index >= 15 is 0 Å². The summed E-state index contributed by atoms with van der Waals surface area (Å²) < 4.78 is 5.17. The van der Waals surface area contributed by atoms with Gasteiger partial charge in [0.05, 0.1) is 13.7 Å². The zero-order valence-corrected chi connectivity index (χ0v) is 17.8. The Hall–Kier alpha value is -4.18. The van der Waals surface area contributed by atoms with Crippen molar-refractivity contribution in [1.82, 2.24) is 4.90 Å². The van der Waals surface area contributed by atoms with Gasteiger partial charge in [0, 0.05) is 11.6 Å². The number of methoxy groups -OCH3 is 1. The number of hydrogen-bond donors (Lipinski definition) is 0. The van der Waals surface area contributed by atoms with Crippen molar-refractivity contribution in [3.63, 3.8) is 0 Å². The van der Waals surface area contributed by atoms with Gasteiger partial charge in [0.1, 0.15) is 5.75 Å². The topological polar surface area (TPSA) is 46.6 Å². The van der Waals surface area contributed by atoms with E-state index in [0.29, 0.717) is 5.56 Å². The first kappa shape index (κ1) is 21.1. The molecule has 4 aromatic carbocycles. The van der Waals surface area contributed by atoms with Gasteiger partial charge in [-0.3, -0.25) is 14.5 Å². The number of nitrogens with zero attached hydrogens (tertiary/aromatic N) is 1. The fourth-order valence-electron chi connectivity index (χ4n) is 3.55. The Morgan fingerprint density at radius 3 is 2.25 bits per heavy atom. The van der Waals surface area contributed by atoms with Crippen LogP contribution in [0.25, 0.3) is 16.8 Å². The predicted molar refractivity (Wildman–Crippen MR) is 127 cm³/mol. The van der Waals surface area contributed by atoms with Gasteiger partial charge in [0.15, 0.2) is 0 Å². The summed E-state index contributed by atoms with van der Waals surface area (Å²) in [6.07, 6.45) is 3.14. The van der Waals surface area contributed by atoms with Crippen molar-refractivity contribution in [2.45, 2.75) is 6.54 Å². The molecule has 0 saturated heterocycles. The van der Waals surface area contributed by atoms with Gasteiger partial charge < -0.3 is 4.74 Å². The average molecular weight is 421 g/mol. The van der Waals surface area contributed by atoms with E-state index in [1.54, 1.807) is 19.3 Å². The van der Waals surface area contributed by atoms with Crippen LogP contribution in [0, 0.1) is 0 Å². The zero-order valence-electron chi connectivity index (χ0n) is 17.8. The Kier molecular flexibility index (Phi) is 6.42. The minimum Gasteiger partial charge on any atom is -0.497 e. The van der Waals surface area contributed by atoms with Crippen molar-refractivity contribution in [2.24, 2.45) is 0 Å². The van der Waals surface area contributed by atoms with E-state index in [4.69, 9.17) is 4.74 Å². The lowest BCUT2D eigenvalue weighted by molar-refractivity contribution is -0.124. The van der Waals surface area contributed by atoms with E-state index < -0.39 is 0 Å². The van der Waals surface area contributed by atoms with Crippen LogP contribution < -0.4 is 4.74 Å². The number of carbonyl (C=O) groups excluding carboxylic acids is 2. The molecule has 0 aliphatic rings. The summed E-state index contributed by atoms with van der Waals surface area (Å²) >= 11 is 0. The minimum absolute atomic E-state index is 0.189. The maximum absolute atomic E-state index is 13.6. The molecule has 32 heavy (non-hydrogen) atoms. The fraction of sp³-hybridized carbons (Fsp3) is 0.0714. The smallest absolute Gasteiger partial charge is 0.261 e. The molecule has 2 amide bonds. The number of amides is 2. The molecule has 4 heteroatoms. The summed E-state index contributed by atoms with van der Waals surface area (Å²) in [6.45, 7) is 0.189. The highest BCUT2D eigenvalue weighted by molar-refractivity contribution is 6.14. The van der Waals surface area contributed by atoms with Crippen LogP contribution in [-0.2, 0) is 11.3 Å². The zero-order chi connectivity index (χ0) is 22.3. The second kappa shape index (κ2) is 9.75. The Morgan fingerprint density at radius 1 is 0.812 bits per heavy atom. The van der Waals surface area contributed by atoms with Crippen molar-refractivity contribution in [2.75, 3.05) is 7.11 Å². The molecular weight excluding hydrogens is 398 g/mol. The molecule has 0 heterocycles. The number of imide groups is 1. The molecule has 0 unspecified atom stereocenters. The normalized spacial score (nSPS) is 10.9. The maximum Gasteiger partial charge on any atom is 0.261 e. The van der Waals surface area contributed by atoms with Gasteiger partial charge in [-0.25, -0.2) is 0 Å². The van der Waals surface area contributed by atoms with Crippen LogP contribution in [-0.4, -0.2) is 23.8 Å². The van der Waals surface area contributed by atoms with Crippen molar-refractivity contribution in [1.29, 1.82) is 0 Å². The third-order valence-electron chi connectivity index (χ3n) is 5.25. The molecule has 0 fully saturated rings. The highest BCUT2D eigenvalue weighted by Crippen LogP contribution is 2.21. The first-order valence-corrected chi connectivity index (χ1v) is 10.4. The van der Waals surface area contributed by atoms with Crippen LogP contribution in [0.4, 0.5) is 0 Å². The number of benzene rings is 4. The maximum atomic E-state index is 13.6. The van der Waals surface area contributed by atoms with E-state index in [1.807, 2.05) is 91.0 Å². The number of hydrogen-bond acceptors (Lipinski definition) is 3. The van der Waals surface area contributed by atoms with Crippen LogP contribution >= 0.6 is 0 Å². The molecule has 0 spiro atoms. The molecule has 0 aromatic heterocycles. The van der Waals surface area contributed by atoms with Gasteiger partial charge in [0.2, 0.25) is 0 Å². The number of fused-ring (bicyclic) bond motifs is 1. The van der Waals surface area contributed by atoms with Crippen LogP contribution in [0.1, 0.15) is 21.5 Å². The molecule has 0 aliphatic carbocycles. The van der Waals surface area contributed by atoms with Gasteiger partial charge in [-0.05, 0) is 46.2 Å². The third kappa shape index (κ3) is 4.76. The molecule has 0 saturated carbocycles. The number of ether oxygens (including phenoxy) is 1. The molecule has 0 atom stereocenters. The predicted octanol–water partition coefficient (Wildman–Crippen LogP) is 5.73. The minimum atomic E-state index is -0.373. The first-order chi connectivity index (χ1) is 15.7. The largest absolute Gasteiger partial charge is 0.497 e. The van der Waals surface area contributed by atoms with E-state index in [9.17, 15) is 9.59 Å². The molecule has 0 aliphatic heterocycles. The van der Waals surface area contributed by atoms with Crippen molar-refractivity contribution in [3.05, 3.63) is 120 Å². The van der Waals surface area contributed by atoms with E-state index in [0.717, 1.165) is 27.6 Å². The average Bonchev–Trinajstić information content (AvgIpc) is 2.86. The third-order valence-corrected chi connectivity index (χ3v) is 5.25. The van der Waals surface area contributed by atoms with Gasteiger partial charge in [-0.15, -0.1) is 0 Å². The highest BCUT2D eigenvalue weighted by atomic mass is 16.5. The molecule has 4 rings (SSSR count). The number of rotatable bonds is 6. The summed E-state index contributed by atoms with van der Waals surface area (Å²) in [4.78, 5) is 28.0. The Morgan fingerprint density at radius 2 is 1.50 bits per heavy atom. The molecule has 4 aromatic rings. The van der Waals surface area contributed by atoms with Crippen molar-refractivity contribution in [3.8, 4) is 5.75 Å². The lowest BCUT2D eigenvalue weighted by Gasteiger charge is -2.20. The lowest BCUT2D eigenvalue weighted by Crippen LogP contribution is -2.35. The van der Waals surface area contributed by atoms with Crippen LogP contribution in [0.3, 0.4) is 0 Å². The number of carbonyl (C=O) groups is 2. The van der Waals surface area contributed by atoms with Crippen LogP contribution in [0.5, 0.6) is 5.75 Å². The quantitative estimate of drug-likeness (QED) is 0.374. The summed E-state index contributed by atoms with van der Waals surface area (Å²) in [5, 5.41) is 1.78. The highest BCUT2D eigenvalue weighted by Gasteiger charge is 2.23. The Labute approximate surface area is 187 Å². The Balaban J connectivity index is 1.66. The second-order valence-corrected chi connectivity index (χ2v) is 7.35. The van der Waals surface area contributed by atoms with Crippen LogP contribution in [0.15, 0.2) is 103 Å². The monoisotopic (exact) mass is 421 g/mol. The summed E-state index contributed by atoms with van der Waals surface area (Å²) in [5.41, 5.74) is 2.23. The fourth-order valence-corrected chi connectivity index (χ4v) is 3.55. The second-order valence-electron chi connectivity index (χ2n) is 7.35. The Bertz CT molecular complexity index is 1260. The summed E-state index contributed by atoms with van der Waals surface area (Å²) in [7, 11) is 1.61. The molecular formula is C28H23NO3. The van der Waals surface area contributed by atoms with Gasteiger partial charge in [-0.1, -0.05) is 78.9 Å².